The number of nitrogens with one attached hydrogen (secondary N) is 1. The minimum Gasteiger partial charge on any atom is -0.462 e. The van der Waals surface area contributed by atoms with Crippen molar-refractivity contribution >= 4 is 63.6 Å². The quantitative estimate of drug-likeness (QED) is 0.359. The van der Waals surface area contributed by atoms with E-state index < -0.39 is 5.25 Å². The van der Waals surface area contributed by atoms with Crippen LogP contribution >= 0.6 is 35.0 Å². The number of carbonyl (C=O) groups is 2. The Morgan fingerprint density at radius 3 is 2.50 bits per heavy atom. The van der Waals surface area contributed by atoms with Crippen LogP contribution in [0.4, 0.5) is 5.69 Å². The minimum absolute atomic E-state index is 0.194. The second-order valence-corrected chi connectivity index (χ2v) is 8.65. The fourth-order valence-electron chi connectivity index (χ4n) is 2.93. The molecule has 0 fully saturated rings. The van der Waals surface area contributed by atoms with Gasteiger partial charge in [-0.25, -0.2) is 9.78 Å². The van der Waals surface area contributed by atoms with Crippen molar-refractivity contribution < 1.29 is 14.3 Å². The van der Waals surface area contributed by atoms with Gasteiger partial charge in [0.15, 0.2) is 5.16 Å². The smallest absolute Gasteiger partial charge is 0.338 e. The summed E-state index contributed by atoms with van der Waals surface area (Å²) in [4.78, 5) is 29.3. The summed E-state index contributed by atoms with van der Waals surface area (Å²) in [6, 6.07) is 10.2. The zero-order valence-electron chi connectivity index (χ0n) is 16.7. The Bertz CT molecular complexity index is 1080. The van der Waals surface area contributed by atoms with Gasteiger partial charge in [0.25, 0.3) is 0 Å². The summed E-state index contributed by atoms with van der Waals surface area (Å²) in [5.41, 5.74) is 2.56. The summed E-state index contributed by atoms with van der Waals surface area (Å²) >= 11 is 13.3. The maximum Gasteiger partial charge on any atom is 0.338 e. The summed E-state index contributed by atoms with van der Waals surface area (Å²) in [7, 11) is 0. The van der Waals surface area contributed by atoms with Crippen molar-refractivity contribution in [3.8, 4) is 0 Å². The van der Waals surface area contributed by atoms with Crippen LogP contribution in [0, 0.1) is 0 Å². The van der Waals surface area contributed by atoms with Crippen LogP contribution in [0.2, 0.25) is 10.0 Å². The van der Waals surface area contributed by atoms with Gasteiger partial charge in [0, 0.05) is 22.3 Å². The number of ether oxygens (including phenoxy) is 1. The molecule has 0 aliphatic heterocycles. The van der Waals surface area contributed by atoms with Gasteiger partial charge < -0.3 is 14.6 Å². The predicted octanol–water partition coefficient (Wildman–Crippen LogP) is 5.66. The fourth-order valence-corrected chi connectivity index (χ4v) is 4.44. The number of aryl methyl sites for hydroxylation is 1. The van der Waals surface area contributed by atoms with E-state index in [1.807, 2.05) is 17.6 Å². The molecule has 2 aromatic carbocycles. The monoisotopic (exact) mass is 465 g/mol. The third-order valence-corrected chi connectivity index (χ3v) is 5.85. The highest BCUT2D eigenvalue weighted by molar-refractivity contribution is 8.00. The molecular formula is C21H21Cl2N3O3S. The van der Waals surface area contributed by atoms with Crippen LogP contribution in [0.1, 0.15) is 31.1 Å². The molecule has 0 spiro atoms. The van der Waals surface area contributed by atoms with Gasteiger partial charge in [0.05, 0.1) is 28.5 Å². The number of hydrogen-bond acceptors (Lipinski definition) is 5. The van der Waals surface area contributed by atoms with Crippen molar-refractivity contribution in [1.82, 2.24) is 9.55 Å². The van der Waals surface area contributed by atoms with E-state index in [1.54, 1.807) is 44.2 Å². The molecule has 6 nitrogen and oxygen atoms in total. The Balaban J connectivity index is 1.81. The molecule has 3 rings (SSSR count). The number of halogens is 2. The Labute approximate surface area is 188 Å². The average molecular weight is 466 g/mol. The van der Waals surface area contributed by atoms with Crippen molar-refractivity contribution in [1.29, 1.82) is 0 Å². The molecule has 1 atom stereocenters. The van der Waals surface area contributed by atoms with E-state index in [0.717, 1.165) is 5.52 Å². The van der Waals surface area contributed by atoms with Crippen LogP contribution in [0.5, 0.6) is 0 Å². The predicted molar refractivity (Wildman–Crippen MR) is 122 cm³/mol. The minimum atomic E-state index is -0.422. The van der Waals surface area contributed by atoms with Crippen molar-refractivity contribution in [3.63, 3.8) is 0 Å². The number of amides is 1. The van der Waals surface area contributed by atoms with E-state index in [9.17, 15) is 9.59 Å². The van der Waals surface area contributed by atoms with Crippen molar-refractivity contribution in [2.24, 2.45) is 0 Å². The Kier molecular flexibility index (Phi) is 7.28. The summed E-state index contributed by atoms with van der Waals surface area (Å²) in [5, 5.41) is 3.99. The van der Waals surface area contributed by atoms with Crippen LogP contribution in [0.25, 0.3) is 11.0 Å². The lowest BCUT2D eigenvalue weighted by Gasteiger charge is -2.13. The number of rotatable bonds is 7. The van der Waals surface area contributed by atoms with E-state index in [1.165, 1.54) is 11.8 Å². The van der Waals surface area contributed by atoms with Gasteiger partial charge in [-0.1, -0.05) is 35.0 Å². The first kappa shape index (κ1) is 22.5. The molecule has 0 aliphatic carbocycles. The number of hydrogen-bond donors (Lipinski definition) is 1. The second kappa shape index (κ2) is 9.73. The maximum absolute atomic E-state index is 12.7. The number of imidazole rings is 1. The summed E-state index contributed by atoms with van der Waals surface area (Å²) in [6.45, 7) is 6.56. The van der Waals surface area contributed by atoms with E-state index >= 15 is 0 Å². The molecule has 0 saturated carbocycles. The van der Waals surface area contributed by atoms with Crippen LogP contribution in [0.15, 0.2) is 41.6 Å². The number of aromatic nitrogens is 2. The SMILES string of the molecule is CCOC(=O)c1ccc2c(c1)nc(SC(C)C(=O)Nc1cc(Cl)cc(Cl)c1)n2CC. The first-order valence-corrected chi connectivity index (χ1v) is 11.1. The normalized spacial score (nSPS) is 12.0. The van der Waals surface area contributed by atoms with Crippen molar-refractivity contribution in [3.05, 3.63) is 52.0 Å². The molecule has 0 bridgehead atoms. The fraction of sp³-hybridized carbons (Fsp3) is 0.286. The summed E-state index contributed by atoms with van der Waals surface area (Å²) in [6.07, 6.45) is 0. The van der Waals surface area contributed by atoms with Gasteiger partial charge in [-0.15, -0.1) is 0 Å². The van der Waals surface area contributed by atoms with Gasteiger partial charge in [-0.3, -0.25) is 4.79 Å². The topological polar surface area (TPSA) is 73.2 Å². The lowest BCUT2D eigenvalue weighted by atomic mass is 10.2. The zero-order valence-corrected chi connectivity index (χ0v) is 19.1. The molecule has 0 radical (unpaired) electrons. The zero-order chi connectivity index (χ0) is 21.8. The van der Waals surface area contributed by atoms with Gasteiger partial charge >= 0.3 is 5.97 Å². The molecule has 1 aromatic heterocycles. The molecule has 1 N–H and O–H groups in total. The van der Waals surface area contributed by atoms with Gasteiger partial charge in [0.1, 0.15) is 0 Å². The van der Waals surface area contributed by atoms with Crippen LogP contribution < -0.4 is 5.32 Å². The van der Waals surface area contributed by atoms with E-state index in [-0.39, 0.29) is 11.9 Å². The maximum atomic E-state index is 12.7. The number of thioether (sulfide) groups is 1. The molecule has 158 valence electrons. The Morgan fingerprint density at radius 1 is 1.17 bits per heavy atom. The lowest BCUT2D eigenvalue weighted by Crippen LogP contribution is -2.22. The van der Waals surface area contributed by atoms with Crippen LogP contribution in [-0.2, 0) is 16.1 Å². The second-order valence-electron chi connectivity index (χ2n) is 6.47. The highest BCUT2D eigenvalue weighted by Gasteiger charge is 2.20. The van der Waals surface area contributed by atoms with E-state index in [4.69, 9.17) is 27.9 Å². The molecule has 0 saturated heterocycles. The summed E-state index contributed by atoms with van der Waals surface area (Å²) < 4.78 is 7.07. The highest BCUT2D eigenvalue weighted by atomic mass is 35.5. The number of fused-ring (bicyclic) bond motifs is 1. The van der Waals surface area contributed by atoms with Gasteiger partial charge in [-0.05, 0) is 57.2 Å². The molecule has 30 heavy (non-hydrogen) atoms. The first-order valence-electron chi connectivity index (χ1n) is 9.43. The number of esters is 1. The number of benzene rings is 2. The largest absolute Gasteiger partial charge is 0.462 e. The van der Waals surface area contributed by atoms with E-state index in [0.29, 0.717) is 45.1 Å². The molecule has 0 aliphatic rings. The van der Waals surface area contributed by atoms with Gasteiger partial charge in [0.2, 0.25) is 5.91 Å². The van der Waals surface area contributed by atoms with Crippen molar-refractivity contribution in [2.75, 3.05) is 11.9 Å². The molecule has 1 unspecified atom stereocenters. The third kappa shape index (κ3) is 5.09. The van der Waals surface area contributed by atoms with Crippen LogP contribution in [-0.4, -0.2) is 33.3 Å². The molecule has 1 amide bonds. The first-order chi connectivity index (χ1) is 14.3. The lowest BCUT2D eigenvalue weighted by molar-refractivity contribution is -0.115. The number of nitrogens with zero attached hydrogens (tertiary/aromatic N) is 2. The Hall–Kier alpha value is -2.22. The number of carbonyl (C=O) groups excluding carboxylic acids is 2. The highest BCUT2D eigenvalue weighted by Crippen LogP contribution is 2.29. The molecule has 1 heterocycles. The van der Waals surface area contributed by atoms with Gasteiger partial charge in [-0.2, -0.15) is 0 Å². The molecular weight excluding hydrogens is 445 g/mol. The van der Waals surface area contributed by atoms with Crippen LogP contribution in [0.3, 0.4) is 0 Å². The third-order valence-electron chi connectivity index (χ3n) is 4.32. The van der Waals surface area contributed by atoms with Crippen molar-refractivity contribution in [2.45, 2.75) is 37.7 Å². The Morgan fingerprint density at radius 2 is 1.87 bits per heavy atom. The van der Waals surface area contributed by atoms with E-state index in [2.05, 4.69) is 10.3 Å². The molecule has 3 aromatic rings. The summed E-state index contributed by atoms with van der Waals surface area (Å²) in [5.74, 6) is -0.576. The molecule has 9 heteroatoms. The standard InChI is InChI=1S/C21H21Cl2N3O3S/c1-4-26-18-7-6-13(20(28)29-5-2)8-17(18)25-21(26)30-12(3)19(27)24-16-10-14(22)9-15(23)11-16/h6-12H,4-5H2,1-3H3,(H,24,27). The average Bonchev–Trinajstić information content (AvgIpc) is 3.03. The number of anilines is 1.